The average molecular weight is 341 g/mol. The van der Waals surface area contributed by atoms with Gasteiger partial charge in [-0.2, -0.15) is 0 Å². The monoisotopic (exact) mass is 341 g/mol. The first-order valence-electron chi connectivity index (χ1n) is 8.10. The first-order chi connectivity index (χ1) is 12.2. The number of amides is 1. The number of rotatable bonds is 8. The van der Waals surface area contributed by atoms with E-state index in [0.29, 0.717) is 23.8 Å². The molecule has 0 aromatic heterocycles. The van der Waals surface area contributed by atoms with Crippen molar-refractivity contribution >= 4 is 17.7 Å². The number of benzene rings is 2. The van der Waals surface area contributed by atoms with Gasteiger partial charge < -0.3 is 19.5 Å². The van der Waals surface area contributed by atoms with Crippen molar-refractivity contribution in [2.45, 2.75) is 13.3 Å². The Morgan fingerprint density at radius 1 is 1.04 bits per heavy atom. The second-order valence-corrected chi connectivity index (χ2v) is 5.31. The van der Waals surface area contributed by atoms with Gasteiger partial charge in [-0.3, -0.25) is 4.79 Å². The number of methoxy groups -OCH3 is 2. The Hall–Kier alpha value is -2.95. The van der Waals surface area contributed by atoms with E-state index in [2.05, 4.69) is 12.2 Å². The van der Waals surface area contributed by atoms with Crippen LogP contribution in [0.1, 0.15) is 18.9 Å². The van der Waals surface area contributed by atoms with Gasteiger partial charge in [0.25, 0.3) is 0 Å². The van der Waals surface area contributed by atoms with Gasteiger partial charge in [-0.05, 0) is 42.3 Å². The number of hydrogen-bond donors (Lipinski definition) is 1. The molecule has 0 saturated heterocycles. The Morgan fingerprint density at radius 3 is 2.40 bits per heavy atom. The van der Waals surface area contributed by atoms with Crippen LogP contribution in [0.25, 0.3) is 6.08 Å². The van der Waals surface area contributed by atoms with E-state index in [9.17, 15) is 4.79 Å². The fraction of sp³-hybridized carbons (Fsp3) is 0.250. The molecule has 0 heterocycles. The van der Waals surface area contributed by atoms with Crippen LogP contribution in [-0.4, -0.2) is 26.7 Å². The van der Waals surface area contributed by atoms with Crippen molar-refractivity contribution in [1.82, 2.24) is 0 Å². The summed E-state index contributed by atoms with van der Waals surface area (Å²) in [6, 6.07) is 12.8. The minimum absolute atomic E-state index is 0.224. The maximum Gasteiger partial charge on any atom is 0.248 e. The molecule has 0 spiro atoms. The summed E-state index contributed by atoms with van der Waals surface area (Å²) in [6.07, 6.45) is 4.20. The zero-order valence-corrected chi connectivity index (χ0v) is 14.7. The molecule has 25 heavy (non-hydrogen) atoms. The zero-order valence-electron chi connectivity index (χ0n) is 14.7. The third kappa shape index (κ3) is 5.57. The van der Waals surface area contributed by atoms with E-state index in [-0.39, 0.29) is 5.91 Å². The molecule has 1 N–H and O–H groups in total. The van der Waals surface area contributed by atoms with Gasteiger partial charge in [0.15, 0.2) is 11.5 Å². The largest absolute Gasteiger partial charge is 0.494 e. The maximum atomic E-state index is 12.1. The standard InChI is InChI=1S/C20H23NO4/c1-4-13-25-17-9-5-15(6-10-17)7-12-20(22)21-16-8-11-18(23-2)19(14-16)24-3/h5-12,14H,4,13H2,1-3H3,(H,21,22)/b12-7+. The van der Waals surface area contributed by atoms with Crippen molar-refractivity contribution in [2.75, 3.05) is 26.1 Å². The lowest BCUT2D eigenvalue weighted by molar-refractivity contribution is -0.111. The summed E-state index contributed by atoms with van der Waals surface area (Å²) in [4.78, 5) is 12.1. The van der Waals surface area contributed by atoms with Crippen LogP contribution in [0.2, 0.25) is 0 Å². The van der Waals surface area contributed by atoms with Gasteiger partial charge in [0.2, 0.25) is 5.91 Å². The van der Waals surface area contributed by atoms with E-state index in [1.165, 1.54) is 6.08 Å². The van der Waals surface area contributed by atoms with Gasteiger partial charge in [-0.15, -0.1) is 0 Å². The quantitative estimate of drug-likeness (QED) is 0.733. The molecule has 1 amide bonds. The van der Waals surface area contributed by atoms with E-state index in [4.69, 9.17) is 14.2 Å². The maximum absolute atomic E-state index is 12.1. The molecule has 0 aliphatic carbocycles. The number of carbonyl (C=O) groups excluding carboxylic acids is 1. The molecule has 0 atom stereocenters. The number of nitrogens with one attached hydrogen (secondary N) is 1. The van der Waals surface area contributed by atoms with Crippen molar-refractivity contribution in [2.24, 2.45) is 0 Å². The summed E-state index contributed by atoms with van der Waals surface area (Å²) in [5, 5.41) is 2.79. The molecule has 2 aromatic carbocycles. The fourth-order valence-electron chi connectivity index (χ4n) is 2.16. The highest BCUT2D eigenvalue weighted by Crippen LogP contribution is 2.29. The van der Waals surface area contributed by atoms with Gasteiger partial charge in [-0.25, -0.2) is 0 Å². The third-order valence-electron chi connectivity index (χ3n) is 3.43. The molecule has 0 radical (unpaired) electrons. The van der Waals surface area contributed by atoms with E-state index in [1.807, 2.05) is 24.3 Å². The summed E-state index contributed by atoms with van der Waals surface area (Å²) in [5.74, 6) is 1.78. The van der Waals surface area contributed by atoms with Crippen LogP contribution in [0.4, 0.5) is 5.69 Å². The summed E-state index contributed by atoms with van der Waals surface area (Å²) in [6.45, 7) is 2.76. The molecule has 0 saturated carbocycles. The molecule has 0 aliphatic heterocycles. The van der Waals surface area contributed by atoms with Crippen molar-refractivity contribution in [1.29, 1.82) is 0 Å². The zero-order chi connectivity index (χ0) is 18.1. The smallest absolute Gasteiger partial charge is 0.248 e. The van der Waals surface area contributed by atoms with Crippen molar-refractivity contribution < 1.29 is 19.0 Å². The molecular weight excluding hydrogens is 318 g/mol. The lowest BCUT2D eigenvalue weighted by Gasteiger charge is -2.09. The van der Waals surface area contributed by atoms with Gasteiger partial charge in [0.05, 0.1) is 20.8 Å². The molecular formula is C20H23NO4. The van der Waals surface area contributed by atoms with Gasteiger partial charge >= 0.3 is 0 Å². The van der Waals surface area contributed by atoms with Crippen LogP contribution in [0.5, 0.6) is 17.2 Å². The number of anilines is 1. The second kappa shape index (κ2) is 9.37. The van der Waals surface area contributed by atoms with Crippen LogP contribution < -0.4 is 19.5 Å². The van der Waals surface area contributed by atoms with Crippen LogP contribution in [0, 0.1) is 0 Å². The number of hydrogen-bond acceptors (Lipinski definition) is 4. The van der Waals surface area contributed by atoms with Gasteiger partial charge in [0.1, 0.15) is 5.75 Å². The lowest BCUT2D eigenvalue weighted by atomic mass is 10.2. The van der Waals surface area contributed by atoms with E-state index in [1.54, 1.807) is 38.5 Å². The van der Waals surface area contributed by atoms with Crippen molar-refractivity contribution in [3.8, 4) is 17.2 Å². The number of ether oxygens (including phenoxy) is 3. The molecule has 132 valence electrons. The minimum Gasteiger partial charge on any atom is -0.494 e. The molecule has 0 fully saturated rings. The van der Waals surface area contributed by atoms with Crippen molar-refractivity contribution in [3.63, 3.8) is 0 Å². The van der Waals surface area contributed by atoms with Crippen LogP contribution in [0.15, 0.2) is 48.5 Å². The SMILES string of the molecule is CCCOc1ccc(/C=C/C(=O)Nc2ccc(OC)c(OC)c2)cc1. The molecule has 0 unspecified atom stereocenters. The topological polar surface area (TPSA) is 56.8 Å². The Labute approximate surface area is 148 Å². The van der Waals surface area contributed by atoms with Crippen LogP contribution in [-0.2, 0) is 4.79 Å². The summed E-state index contributed by atoms with van der Waals surface area (Å²) in [7, 11) is 3.12. The Balaban J connectivity index is 1.96. The number of carbonyl (C=O) groups is 1. The molecule has 5 nitrogen and oxygen atoms in total. The van der Waals surface area contributed by atoms with Crippen molar-refractivity contribution in [3.05, 3.63) is 54.1 Å². The predicted octanol–water partition coefficient (Wildman–Crippen LogP) is 4.14. The molecule has 2 rings (SSSR count). The normalized spacial score (nSPS) is 10.5. The summed E-state index contributed by atoms with van der Waals surface area (Å²) >= 11 is 0. The van der Waals surface area contributed by atoms with Crippen LogP contribution in [0.3, 0.4) is 0 Å². The highest BCUT2D eigenvalue weighted by Gasteiger charge is 2.05. The van der Waals surface area contributed by atoms with E-state index < -0.39 is 0 Å². The highest BCUT2D eigenvalue weighted by molar-refractivity contribution is 6.02. The van der Waals surface area contributed by atoms with E-state index >= 15 is 0 Å². The Morgan fingerprint density at radius 2 is 1.76 bits per heavy atom. The van der Waals surface area contributed by atoms with Crippen LogP contribution >= 0.6 is 0 Å². The highest BCUT2D eigenvalue weighted by atomic mass is 16.5. The van der Waals surface area contributed by atoms with Gasteiger partial charge in [0, 0.05) is 17.8 Å². The molecule has 5 heteroatoms. The first kappa shape index (κ1) is 18.4. The predicted molar refractivity (Wildman–Crippen MR) is 99.4 cm³/mol. The summed E-state index contributed by atoms with van der Waals surface area (Å²) in [5.41, 5.74) is 1.56. The van der Waals surface area contributed by atoms with E-state index in [0.717, 1.165) is 17.7 Å². The molecule has 0 bridgehead atoms. The molecule has 2 aromatic rings. The fourth-order valence-corrected chi connectivity index (χ4v) is 2.16. The molecule has 0 aliphatic rings. The Bertz CT molecular complexity index is 723. The first-order valence-corrected chi connectivity index (χ1v) is 8.10. The third-order valence-corrected chi connectivity index (χ3v) is 3.43. The minimum atomic E-state index is -0.224. The Kier molecular flexibility index (Phi) is 6.89. The average Bonchev–Trinajstić information content (AvgIpc) is 2.65. The lowest BCUT2D eigenvalue weighted by Crippen LogP contribution is -2.07. The summed E-state index contributed by atoms with van der Waals surface area (Å²) < 4.78 is 15.9. The second-order valence-electron chi connectivity index (χ2n) is 5.31. The van der Waals surface area contributed by atoms with Gasteiger partial charge in [-0.1, -0.05) is 19.1 Å².